The Hall–Kier alpha value is -3.13. The summed E-state index contributed by atoms with van der Waals surface area (Å²) in [5.74, 6) is 0. The summed E-state index contributed by atoms with van der Waals surface area (Å²) in [5, 5.41) is 2.46. The molecule has 0 fully saturated rings. The maximum Gasteiger partial charge on any atom is 0.0636 e. The van der Waals surface area contributed by atoms with E-state index in [0.717, 1.165) is 11.3 Å². The van der Waals surface area contributed by atoms with Crippen molar-refractivity contribution in [3.05, 3.63) is 94.8 Å². The van der Waals surface area contributed by atoms with Crippen LogP contribution in [0.15, 0.2) is 71.7 Å². The van der Waals surface area contributed by atoms with Crippen molar-refractivity contribution in [3.63, 3.8) is 0 Å². The molecule has 1 heterocycles. The average molecular weight is 352 g/mol. The van der Waals surface area contributed by atoms with Gasteiger partial charge in [-0.2, -0.15) is 0 Å². The van der Waals surface area contributed by atoms with Crippen LogP contribution in [0.5, 0.6) is 0 Å². The minimum Gasteiger partial charge on any atom is -0.318 e. The topological polar surface area (TPSA) is 17.3 Å². The van der Waals surface area contributed by atoms with E-state index in [1.165, 1.54) is 39.0 Å². The molecule has 0 atom stereocenters. The smallest absolute Gasteiger partial charge is 0.0636 e. The van der Waals surface area contributed by atoms with E-state index in [4.69, 9.17) is 4.99 Å². The monoisotopic (exact) mass is 352 g/mol. The summed E-state index contributed by atoms with van der Waals surface area (Å²) in [6, 6.07) is 23.6. The second-order valence-corrected chi connectivity index (χ2v) is 7.30. The molecule has 0 aliphatic rings. The van der Waals surface area contributed by atoms with Crippen LogP contribution >= 0.6 is 0 Å². The van der Waals surface area contributed by atoms with Gasteiger partial charge in [-0.15, -0.1) is 0 Å². The fraction of sp³-hybridized carbons (Fsp3) is 0.160. The third kappa shape index (κ3) is 3.43. The van der Waals surface area contributed by atoms with Crippen LogP contribution in [0.4, 0.5) is 5.69 Å². The molecule has 0 aliphatic carbocycles. The van der Waals surface area contributed by atoms with Gasteiger partial charge in [-0.3, -0.25) is 4.99 Å². The van der Waals surface area contributed by atoms with E-state index in [0.29, 0.717) is 0 Å². The molecule has 4 aromatic rings. The number of nitrogens with zero attached hydrogens (tertiary/aromatic N) is 2. The Labute approximate surface area is 160 Å². The van der Waals surface area contributed by atoms with Crippen LogP contribution in [0.1, 0.15) is 28.1 Å². The van der Waals surface area contributed by atoms with Crippen molar-refractivity contribution in [1.29, 1.82) is 0 Å². The third-order valence-electron chi connectivity index (χ3n) is 5.02. The summed E-state index contributed by atoms with van der Waals surface area (Å²) in [6.07, 6.45) is 1.98. The minimum absolute atomic E-state index is 0.977. The van der Waals surface area contributed by atoms with Gasteiger partial charge >= 0.3 is 0 Å². The lowest BCUT2D eigenvalue weighted by molar-refractivity contribution is 0.960. The highest BCUT2D eigenvalue weighted by Crippen LogP contribution is 2.24. The summed E-state index contributed by atoms with van der Waals surface area (Å²) in [6.45, 7) is 8.60. The van der Waals surface area contributed by atoms with Crippen molar-refractivity contribution in [2.24, 2.45) is 4.99 Å². The molecule has 2 nitrogen and oxygen atoms in total. The van der Waals surface area contributed by atoms with Crippen molar-refractivity contribution < 1.29 is 0 Å². The first-order valence-corrected chi connectivity index (χ1v) is 9.32. The lowest BCUT2D eigenvalue weighted by Crippen LogP contribution is -2.00. The number of rotatable bonds is 3. The predicted octanol–water partition coefficient (Wildman–Crippen LogP) is 6.61. The molecule has 0 bridgehead atoms. The number of benzene rings is 3. The van der Waals surface area contributed by atoms with E-state index in [9.17, 15) is 0 Å². The summed E-state index contributed by atoms with van der Waals surface area (Å²) in [4.78, 5) is 4.73. The van der Waals surface area contributed by atoms with E-state index in [1.54, 1.807) is 0 Å². The van der Waals surface area contributed by atoms with Crippen molar-refractivity contribution in [2.45, 2.75) is 27.7 Å². The van der Waals surface area contributed by atoms with Crippen LogP contribution in [0, 0.1) is 27.7 Å². The number of aliphatic imine (C=N–C) groups is 1. The zero-order chi connectivity index (χ0) is 19.0. The molecule has 0 saturated heterocycles. The van der Waals surface area contributed by atoms with Crippen LogP contribution in [0.3, 0.4) is 0 Å². The maximum absolute atomic E-state index is 4.73. The van der Waals surface area contributed by atoms with E-state index in [-0.39, 0.29) is 0 Å². The SMILES string of the molecule is Cc1cc(C)cc(-n2c(C)cc(C=Nc3ccc4ccccc4c3)c2C)c1. The van der Waals surface area contributed by atoms with Gasteiger partial charge in [-0.05, 0) is 79.9 Å². The van der Waals surface area contributed by atoms with Crippen LogP contribution in [-0.2, 0) is 0 Å². The van der Waals surface area contributed by atoms with Gasteiger partial charge in [-0.25, -0.2) is 0 Å². The summed E-state index contributed by atoms with van der Waals surface area (Å²) < 4.78 is 2.31. The normalized spacial score (nSPS) is 11.6. The molecular formula is C25H24N2. The Morgan fingerprint density at radius 2 is 1.44 bits per heavy atom. The molecule has 0 saturated carbocycles. The zero-order valence-electron chi connectivity index (χ0n) is 16.3. The standard InChI is InChI=1S/C25H24N2/c1-17-11-18(2)13-25(12-17)27-19(3)14-23(20(27)4)16-26-24-10-9-21-7-5-6-8-22(21)15-24/h5-16H,1-4H3. The number of hydrogen-bond acceptors (Lipinski definition) is 1. The number of aryl methyl sites for hydroxylation is 3. The minimum atomic E-state index is 0.977. The summed E-state index contributed by atoms with van der Waals surface area (Å²) in [5.41, 5.74) is 8.34. The molecule has 3 aromatic carbocycles. The third-order valence-corrected chi connectivity index (χ3v) is 5.02. The van der Waals surface area contributed by atoms with Crippen molar-refractivity contribution >= 4 is 22.7 Å². The van der Waals surface area contributed by atoms with Gasteiger partial charge in [0.25, 0.3) is 0 Å². The summed E-state index contributed by atoms with van der Waals surface area (Å²) in [7, 11) is 0. The predicted molar refractivity (Wildman–Crippen MR) is 116 cm³/mol. The first-order chi connectivity index (χ1) is 13.0. The van der Waals surface area contributed by atoms with Crippen molar-refractivity contribution in [1.82, 2.24) is 4.57 Å². The van der Waals surface area contributed by atoms with Crippen molar-refractivity contribution in [3.8, 4) is 5.69 Å². The van der Waals surface area contributed by atoms with Gasteiger partial charge < -0.3 is 4.57 Å². The number of fused-ring (bicyclic) bond motifs is 1. The summed E-state index contributed by atoms with van der Waals surface area (Å²) >= 11 is 0. The molecular weight excluding hydrogens is 328 g/mol. The molecule has 4 rings (SSSR count). The number of hydrogen-bond donors (Lipinski definition) is 0. The van der Waals surface area contributed by atoms with E-state index < -0.39 is 0 Å². The quantitative estimate of drug-likeness (QED) is 0.369. The second kappa shape index (κ2) is 6.88. The lowest BCUT2D eigenvalue weighted by atomic mass is 10.1. The molecule has 0 radical (unpaired) electrons. The Kier molecular flexibility index (Phi) is 4.41. The zero-order valence-corrected chi connectivity index (χ0v) is 16.3. The first-order valence-electron chi connectivity index (χ1n) is 9.32. The van der Waals surface area contributed by atoms with Gasteiger partial charge in [0, 0.05) is 28.9 Å². The van der Waals surface area contributed by atoms with E-state index in [2.05, 4.69) is 99.0 Å². The Bertz CT molecular complexity index is 1140. The molecule has 2 heteroatoms. The molecule has 0 N–H and O–H groups in total. The fourth-order valence-electron chi connectivity index (χ4n) is 3.80. The Morgan fingerprint density at radius 3 is 2.19 bits per heavy atom. The maximum atomic E-state index is 4.73. The highest BCUT2D eigenvalue weighted by molar-refractivity contribution is 5.88. The largest absolute Gasteiger partial charge is 0.318 e. The van der Waals surface area contributed by atoms with Crippen LogP contribution in [-0.4, -0.2) is 10.8 Å². The molecule has 0 amide bonds. The molecule has 0 unspecified atom stereocenters. The van der Waals surface area contributed by atoms with Gasteiger partial charge in [0.15, 0.2) is 0 Å². The van der Waals surface area contributed by atoms with E-state index in [1.807, 2.05) is 6.21 Å². The second-order valence-electron chi connectivity index (χ2n) is 7.30. The van der Waals surface area contributed by atoms with Crippen LogP contribution in [0.25, 0.3) is 16.5 Å². The molecule has 134 valence electrons. The van der Waals surface area contributed by atoms with Gasteiger partial charge in [-0.1, -0.05) is 36.4 Å². The molecule has 0 aliphatic heterocycles. The average Bonchev–Trinajstić information content (AvgIpc) is 2.92. The van der Waals surface area contributed by atoms with Gasteiger partial charge in [0.1, 0.15) is 0 Å². The first kappa shape index (κ1) is 17.3. The molecule has 27 heavy (non-hydrogen) atoms. The highest BCUT2D eigenvalue weighted by Gasteiger charge is 2.10. The lowest BCUT2D eigenvalue weighted by Gasteiger charge is -2.11. The van der Waals surface area contributed by atoms with Gasteiger partial charge in [0.2, 0.25) is 0 Å². The van der Waals surface area contributed by atoms with E-state index >= 15 is 0 Å². The Morgan fingerprint density at radius 1 is 0.741 bits per heavy atom. The fourth-order valence-corrected chi connectivity index (χ4v) is 3.80. The van der Waals surface area contributed by atoms with Crippen molar-refractivity contribution in [2.75, 3.05) is 0 Å². The van der Waals surface area contributed by atoms with Crippen LogP contribution < -0.4 is 0 Å². The number of aromatic nitrogens is 1. The van der Waals surface area contributed by atoms with Gasteiger partial charge in [0.05, 0.1) is 5.69 Å². The molecule has 0 spiro atoms. The Balaban J connectivity index is 1.71. The molecule has 1 aromatic heterocycles. The van der Waals surface area contributed by atoms with Crippen LogP contribution in [0.2, 0.25) is 0 Å². The highest BCUT2D eigenvalue weighted by atomic mass is 15.0.